The van der Waals surface area contributed by atoms with E-state index < -0.39 is 42.5 Å². The zero-order chi connectivity index (χ0) is 37.0. The number of nitrogens with one attached hydrogen (secondary N) is 1. The first kappa shape index (κ1) is 50.0. The SMILES string of the molecule is CCCCCCCCCCCCCC[PH](CCCCCC)(CCCCCC)CCCCCC.O=S(=O)(NS(=O)(=O)C(F)(F)F)C(F)(F)F. The molecule has 0 saturated heterocycles. The van der Waals surface area contributed by atoms with Crippen LogP contribution in [-0.2, 0) is 20.0 Å². The van der Waals surface area contributed by atoms with Crippen LogP contribution in [0.4, 0.5) is 26.3 Å². The van der Waals surface area contributed by atoms with Crippen LogP contribution < -0.4 is 4.13 Å². The molecule has 0 heterocycles. The van der Waals surface area contributed by atoms with E-state index in [1.165, 1.54) is 128 Å². The summed E-state index contributed by atoms with van der Waals surface area (Å²) in [4.78, 5) is 0. The number of alkyl halides is 6. The van der Waals surface area contributed by atoms with E-state index in [0.717, 1.165) is 0 Å². The summed E-state index contributed by atoms with van der Waals surface area (Å²) in [6.45, 7) is 9.42. The summed E-state index contributed by atoms with van der Waals surface area (Å²) in [5, 5.41) is 0. The number of hydrogen-bond acceptors (Lipinski definition) is 4. The van der Waals surface area contributed by atoms with Gasteiger partial charge in [0.25, 0.3) is 0 Å². The summed E-state index contributed by atoms with van der Waals surface area (Å²) in [7, 11) is -14.2. The van der Waals surface area contributed by atoms with Gasteiger partial charge in [-0.25, -0.2) is 16.8 Å². The molecule has 0 saturated carbocycles. The Bertz CT molecular complexity index is 888. The third kappa shape index (κ3) is 25.8. The second-order valence-corrected chi connectivity index (χ2v) is 22.2. The summed E-state index contributed by atoms with van der Waals surface area (Å²) in [5.74, 6) is 0. The average molecular weight is 766 g/mol. The molecule has 0 aromatic heterocycles. The van der Waals surface area contributed by atoms with E-state index in [-0.39, 0.29) is 0 Å². The molecule has 294 valence electrons. The van der Waals surface area contributed by atoms with Crippen LogP contribution in [0.3, 0.4) is 0 Å². The van der Waals surface area contributed by atoms with E-state index >= 15 is 0 Å². The molecule has 5 nitrogen and oxygen atoms in total. The minimum Gasteiger partial charge on any atom is -0.202 e. The van der Waals surface area contributed by atoms with Gasteiger partial charge in [0, 0.05) is 0 Å². The molecule has 0 aromatic carbocycles. The van der Waals surface area contributed by atoms with Crippen LogP contribution >= 0.6 is 7.26 Å². The van der Waals surface area contributed by atoms with E-state index in [9.17, 15) is 43.2 Å². The van der Waals surface area contributed by atoms with Gasteiger partial charge in [-0.05, 0) is 0 Å². The molecule has 0 bridgehead atoms. The zero-order valence-corrected chi connectivity index (χ0v) is 33.1. The van der Waals surface area contributed by atoms with Gasteiger partial charge in [0.1, 0.15) is 0 Å². The Hall–Kier alpha value is -0.130. The Labute approximate surface area is 291 Å². The number of sulfonamides is 2. The molecule has 1 N–H and O–H groups in total. The van der Waals surface area contributed by atoms with Gasteiger partial charge in [-0.1, -0.05) is 17.5 Å². The van der Waals surface area contributed by atoms with Gasteiger partial charge < -0.3 is 0 Å². The van der Waals surface area contributed by atoms with Crippen molar-refractivity contribution in [3.8, 4) is 0 Å². The van der Waals surface area contributed by atoms with Gasteiger partial charge in [-0.2, -0.15) is 26.3 Å². The number of unbranched alkanes of at least 4 members (excludes halogenated alkanes) is 20. The van der Waals surface area contributed by atoms with Gasteiger partial charge in [0.05, 0.1) is 0 Å². The maximum absolute atomic E-state index is 11.5. The number of rotatable bonds is 30. The fourth-order valence-corrected chi connectivity index (χ4v) is 13.5. The molecule has 0 fully saturated rings. The molecule has 0 spiro atoms. The molecular weight excluding hydrogens is 695 g/mol. The number of hydrogen-bond donors (Lipinski definition) is 1. The Morgan fingerprint density at radius 3 is 0.771 bits per heavy atom. The minimum absolute atomic E-state index is 0.493. The average Bonchev–Trinajstić information content (AvgIpc) is 2.99. The third-order valence-corrected chi connectivity index (χ3v) is 17.7. The largest absolute Gasteiger partial charge is 0.512 e. The van der Waals surface area contributed by atoms with Gasteiger partial charge in [-0.15, -0.1) is 0 Å². The molecule has 0 aliphatic heterocycles. The van der Waals surface area contributed by atoms with Crippen LogP contribution in [-0.4, -0.2) is 52.5 Å². The zero-order valence-electron chi connectivity index (χ0n) is 30.5. The molecular formula is C34H70F6NO4PS2. The molecule has 0 aromatic rings. The number of halogens is 6. The van der Waals surface area contributed by atoms with Crippen LogP contribution in [0.5, 0.6) is 0 Å². The normalized spacial score (nSPS) is 13.4. The molecule has 0 radical (unpaired) electrons. The first-order valence-electron chi connectivity index (χ1n) is 18.9. The van der Waals surface area contributed by atoms with Crippen LogP contribution in [0.15, 0.2) is 0 Å². The molecule has 0 unspecified atom stereocenters. The van der Waals surface area contributed by atoms with Crippen molar-refractivity contribution in [1.29, 1.82) is 0 Å². The van der Waals surface area contributed by atoms with Crippen molar-refractivity contribution >= 4 is 27.3 Å². The predicted molar refractivity (Wildman–Crippen MR) is 194 cm³/mol. The van der Waals surface area contributed by atoms with Gasteiger partial charge in [0.15, 0.2) is 0 Å². The molecule has 48 heavy (non-hydrogen) atoms. The van der Waals surface area contributed by atoms with Gasteiger partial charge >= 0.3 is 231 Å². The van der Waals surface area contributed by atoms with E-state index in [1.807, 2.05) is 0 Å². The smallest absolute Gasteiger partial charge is 0.202 e. The summed E-state index contributed by atoms with van der Waals surface area (Å²) in [6.07, 6.45) is 42.3. The van der Waals surface area contributed by atoms with Crippen LogP contribution in [0.2, 0.25) is 0 Å². The first-order valence-corrected chi connectivity index (χ1v) is 24.7. The fourth-order valence-electron chi connectivity index (χ4n) is 6.11. The molecule has 0 aliphatic carbocycles. The molecule has 0 rings (SSSR count). The molecule has 14 heteroatoms. The summed E-state index contributed by atoms with van der Waals surface area (Å²) in [5.41, 5.74) is -12.3. The third-order valence-electron chi connectivity index (χ3n) is 9.07. The standard InChI is InChI=1S/C32H69P.C2HF6NO4S2/c1-5-9-13-17-18-19-20-21-22-23-24-28-32-33(29-25-14-10-6-2,30-26-15-11-7-3)31-27-16-12-8-4;3-1(4,5)14(10,11)9-15(12,13)2(6,7)8/h33H,5-32H2,1-4H3;9H. The van der Waals surface area contributed by atoms with Crippen molar-refractivity contribution in [3.63, 3.8) is 0 Å². The van der Waals surface area contributed by atoms with Crippen LogP contribution in [0.25, 0.3) is 0 Å². The quantitative estimate of drug-likeness (QED) is 0.0449. The van der Waals surface area contributed by atoms with Gasteiger partial charge in [0.2, 0.25) is 0 Å². The minimum atomic E-state index is -6.60. The van der Waals surface area contributed by atoms with E-state index in [1.54, 1.807) is 50.3 Å². The fraction of sp³-hybridized carbons (Fsp3) is 1.00. The topological polar surface area (TPSA) is 80.3 Å². The first-order chi connectivity index (χ1) is 22.4. The molecule has 0 atom stereocenters. The van der Waals surface area contributed by atoms with E-state index in [2.05, 4.69) is 27.7 Å². The Morgan fingerprint density at radius 2 is 0.562 bits per heavy atom. The van der Waals surface area contributed by atoms with Crippen molar-refractivity contribution in [2.45, 2.75) is 193 Å². The summed E-state index contributed by atoms with van der Waals surface area (Å²) >= 11 is 0. The monoisotopic (exact) mass is 765 g/mol. The van der Waals surface area contributed by atoms with Crippen LogP contribution in [0.1, 0.15) is 182 Å². The van der Waals surface area contributed by atoms with Gasteiger partial charge in [-0.3, -0.25) is 0 Å². The van der Waals surface area contributed by atoms with Crippen molar-refractivity contribution in [2.24, 2.45) is 0 Å². The van der Waals surface area contributed by atoms with Crippen molar-refractivity contribution in [3.05, 3.63) is 0 Å². The second kappa shape index (κ2) is 28.5. The Morgan fingerprint density at radius 1 is 0.375 bits per heavy atom. The maximum atomic E-state index is 11.5. The van der Waals surface area contributed by atoms with Crippen molar-refractivity contribution < 1.29 is 43.2 Å². The predicted octanol–water partition coefficient (Wildman–Crippen LogP) is 12.5. The Balaban J connectivity index is 0. The maximum Gasteiger partial charge on any atom is 0.512 e. The molecule has 0 aliphatic rings. The van der Waals surface area contributed by atoms with Crippen molar-refractivity contribution in [1.82, 2.24) is 4.13 Å². The molecule has 0 amide bonds. The van der Waals surface area contributed by atoms with Crippen LogP contribution in [0, 0.1) is 0 Å². The van der Waals surface area contributed by atoms with E-state index in [4.69, 9.17) is 0 Å². The Kier molecular flexibility index (Phi) is 29.6. The van der Waals surface area contributed by atoms with Crippen molar-refractivity contribution in [2.75, 3.05) is 24.6 Å². The van der Waals surface area contributed by atoms with E-state index in [0.29, 0.717) is 0 Å². The second-order valence-electron chi connectivity index (χ2n) is 13.6. The summed E-state index contributed by atoms with van der Waals surface area (Å²) < 4.78 is 108. The summed E-state index contributed by atoms with van der Waals surface area (Å²) in [6, 6.07) is 0.